The molecule has 0 heterocycles. The molecular weight excluding hydrogens is 226 g/mol. The van der Waals surface area contributed by atoms with E-state index in [4.69, 9.17) is 4.74 Å². The monoisotopic (exact) mass is 249 g/mol. The van der Waals surface area contributed by atoms with Gasteiger partial charge in [0.25, 0.3) is 0 Å². The SMILES string of the molecule is CCN(CC)CCOc1cccc2c1CCC2O. The normalized spacial score (nSPS) is 18.1. The maximum Gasteiger partial charge on any atom is 0.122 e. The Bertz CT molecular complexity index is 388. The minimum atomic E-state index is -0.300. The number of likely N-dealkylation sites (N-methyl/N-ethyl adjacent to an activating group) is 1. The Morgan fingerprint density at radius 2 is 2.11 bits per heavy atom. The van der Waals surface area contributed by atoms with E-state index >= 15 is 0 Å². The smallest absolute Gasteiger partial charge is 0.122 e. The zero-order valence-corrected chi connectivity index (χ0v) is 11.4. The Labute approximate surface area is 109 Å². The predicted octanol–water partition coefficient (Wildman–Crippen LogP) is 2.39. The van der Waals surface area contributed by atoms with E-state index in [1.807, 2.05) is 18.2 Å². The highest BCUT2D eigenvalue weighted by Crippen LogP contribution is 2.36. The van der Waals surface area contributed by atoms with E-state index < -0.39 is 0 Å². The summed E-state index contributed by atoms with van der Waals surface area (Å²) in [6.45, 7) is 8.13. The van der Waals surface area contributed by atoms with Gasteiger partial charge in [-0.05, 0) is 37.6 Å². The third-order valence-electron chi connectivity index (χ3n) is 3.76. The van der Waals surface area contributed by atoms with Crippen molar-refractivity contribution in [2.75, 3.05) is 26.2 Å². The van der Waals surface area contributed by atoms with Gasteiger partial charge in [-0.3, -0.25) is 0 Å². The van der Waals surface area contributed by atoms with Crippen LogP contribution in [0.3, 0.4) is 0 Å². The molecule has 0 spiro atoms. The standard InChI is InChI=1S/C15H23NO2/c1-3-16(4-2)10-11-18-15-7-5-6-12-13(15)8-9-14(12)17/h5-7,14,17H,3-4,8-11H2,1-2H3. The van der Waals surface area contributed by atoms with E-state index in [1.165, 1.54) is 5.56 Å². The minimum Gasteiger partial charge on any atom is -0.492 e. The zero-order valence-electron chi connectivity index (χ0n) is 11.4. The zero-order chi connectivity index (χ0) is 13.0. The molecule has 0 radical (unpaired) electrons. The lowest BCUT2D eigenvalue weighted by atomic mass is 10.1. The lowest BCUT2D eigenvalue weighted by Crippen LogP contribution is -2.28. The summed E-state index contributed by atoms with van der Waals surface area (Å²) < 4.78 is 5.88. The first kappa shape index (κ1) is 13.4. The molecule has 1 aromatic rings. The van der Waals surface area contributed by atoms with Gasteiger partial charge in [-0.2, -0.15) is 0 Å². The molecule has 3 nitrogen and oxygen atoms in total. The Morgan fingerprint density at radius 3 is 2.83 bits per heavy atom. The van der Waals surface area contributed by atoms with Crippen LogP contribution in [0.5, 0.6) is 5.75 Å². The molecule has 2 rings (SSSR count). The van der Waals surface area contributed by atoms with Crippen molar-refractivity contribution in [1.29, 1.82) is 0 Å². The second-order valence-electron chi connectivity index (χ2n) is 4.75. The van der Waals surface area contributed by atoms with E-state index in [1.54, 1.807) is 0 Å². The van der Waals surface area contributed by atoms with Gasteiger partial charge < -0.3 is 14.7 Å². The molecule has 100 valence electrons. The van der Waals surface area contributed by atoms with Gasteiger partial charge >= 0.3 is 0 Å². The molecule has 0 aliphatic heterocycles. The van der Waals surface area contributed by atoms with Crippen molar-refractivity contribution < 1.29 is 9.84 Å². The van der Waals surface area contributed by atoms with Gasteiger partial charge in [0.1, 0.15) is 12.4 Å². The van der Waals surface area contributed by atoms with E-state index in [9.17, 15) is 5.11 Å². The van der Waals surface area contributed by atoms with Gasteiger partial charge in [-0.15, -0.1) is 0 Å². The Kier molecular flexibility index (Phi) is 4.61. The van der Waals surface area contributed by atoms with Gasteiger partial charge in [0.05, 0.1) is 6.10 Å². The maximum atomic E-state index is 9.83. The molecule has 1 atom stereocenters. The van der Waals surface area contributed by atoms with Gasteiger partial charge in [0, 0.05) is 12.1 Å². The highest BCUT2D eigenvalue weighted by atomic mass is 16.5. The topological polar surface area (TPSA) is 32.7 Å². The van der Waals surface area contributed by atoms with Crippen molar-refractivity contribution in [2.45, 2.75) is 32.8 Å². The van der Waals surface area contributed by atoms with Gasteiger partial charge in [0.15, 0.2) is 0 Å². The van der Waals surface area contributed by atoms with Crippen LogP contribution in [0, 0.1) is 0 Å². The summed E-state index contributed by atoms with van der Waals surface area (Å²) in [5.74, 6) is 0.955. The number of rotatable bonds is 6. The first-order valence-electron chi connectivity index (χ1n) is 6.91. The number of nitrogens with zero attached hydrogens (tertiary/aromatic N) is 1. The predicted molar refractivity (Wildman–Crippen MR) is 73.0 cm³/mol. The molecule has 1 aliphatic carbocycles. The lowest BCUT2D eigenvalue weighted by molar-refractivity contribution is 0.180. The molecule has 0 bridgehead atoms. The summed E-state index contributed by atoms with van der Waals surface area (Å²) in [6, 6.07) is 5.99. The highest BCUT2D eigenvalue weighted by Gasteiger charge is 2.23. The van der Waals surface area contributed by atoms with Gasteiger partial charge in [-0.25, -0.2) is 0 Å². The average Bonchev–Trinajstić information content (AvgIpc) is 2.78. The molecule has 3 heteroatoms. The minimum absolute atomic E-state index is 0.300. The molecule has 0 saturated carbocycles. The number of hydrogen-bond acceptors (Lipinski definition) is 3. The fraction of sp³-hybridized carbons (Fsp3) is 0.600. The average molecular weight is 249 g/mol. The third-order valence-corrected chi connectivity index (χ3v) is 3.76. The van der Waals surface area contributed by atoms with Crippen LogP contribution in [0.15, 0.2) is 18.2 Å². The summed E-state index contributed by atoms with van der Waals surface area (Å²) in [5, 5.41) is 9.83. The van der Waals surface area contributed by atoms with Crippen LogP contribution in [-0.4, -0.2) is 36.2 Å². The van der Waals surface area contributed by atoms with Crippen LogP contribution in [0.1, 0.15) is 37.5 Å². The van der Waals surface area contributed by atoms with Gasteiger partial charge in [0.2, 0.25) is 0 Å². The number of fused-ring (bicyclic) bond motifs is 1. The quantitative estimate of drug-likeness (QED) is 0.840. The van der Waals surface area contributed by atoms with E-state index in [0.29, 0.717) is 6.61 Å². The highest BCUT2D eigenvalue weighted by molar-refractivity contribution is 5.44. The Balaban J connectivity index is 1.95. The Hall–Kier alpha value is -1.06. The number of hydrogen-bond donors (Lipinski definition) is 1. The molecular formula is C15H23NO2. The fourth-order valence-electron chi connectivity index (χ4n) is 2.56. The first-order valence-corrected chi connectivity index (χ1v) is 6.91. The first-order chi connectivity index (χ1) is 8.76. The van der Waals surface area contributed by atoms with E-state index in [2.05, 4.69) is 18.7 Å². The second kappa shape index (κ2) is 6.21. The summed E-state index contributed by atoms with van der Waals surface area (Å²) >= 11 is 0. The van der Waals surface area contributed by atoms with Crippen LogP contribution in [0.4, 0.5) is 0 Å². The molecule has 1 unspecified atom stereocenters. The number of ether oxygens (including phenoxy) is 1. The van der Waals surface area contributed by atoms with Crippen LogP contribution < -0.4 is 4.74 Å². The third kappa shape index (κ3) is 2.85. The molecule has 1 N–H and O–H groups in total. The second-order valence-corrected chi connectivity index (χ2v) is 4.75. The maximum absolute atomic E-state index is 9.83. The van der Waals surface area contributed by atoms with Crippen LogP contribution in [-0.2, 0) is 6.42 Å². The molecule has 0 saturated heterocycles. The lowest BCUT2D eigenvalue weighted by Gasteiger charge is -2.19. The molecule has 1 aromatic carbocycles. The van der Waals surface area contributed by atoms with Crippen molar-refractivity contribution in [2.24, 2.45) is 0 Å². The largest absolute Gasteiger partial charge is 0.492 e. The summed E-state index contributed by atoms with van der Waals surface area (Å²) in [7, 11) is 0. The van der Waals surface area contributed by atoms with E-state index in [-0.39, 0.29) is 6.10 Å². The number of benzene rings is 1. The fourth-order valence-corrected chi connectivity index (χ4v) is 2.56. The van der Waals surface area contributed by atoms with Crippen LogP contribution >= 0.6 is 0 Å². The van der Waals surface area contributed by atoms with Crippen LogP contribution in [0.25, 0.3) is 0 Å². The number of aliphatic hydroxyl groups is 1. The molecule has 0 aromatic heterocycles. The molecule has 0 amide bonds. The van der Waals surface area contributed by atoms with Crippen molar-refractivity contribution in [3.63, 3.8) is 0 Å². The molecule has 0 fully saturated rings. The van der Waals surface area contributed by atoms with Crippen LogP contribution in [0.2, 0.25) is 0 Å². The van der Waals surface area contributed by atoms with Crippen molar-refractivity contribution in [1.82, 2.24) is 4.90 Å². The number of aliphatic hydroxyl groups excluding tert-OH is 1. The van der Waals surface area contributed by atoms with Crippen molar-refractivity contribution >= 4 is 0 Å². The summed E-state index contributed by atoms with van der Waals surface area (Å²) in [5.41, 5.74) is 2.25. The van der Waals surface area contributed by atoms with Gasteiger partial charge in [-0.1, -0.05) is 26.0 Å². The van der Waals surface area contributed by atoms with E-state index in [0.717, 1.165) is 43.8 Å². The molecule has 18 heavy (non-hydrogen) atoms. The Morgan fingerprint density at radius 1 is 1.33 bits per heavy atom. The summed E-state index contributed by atoms with van der Waals surface area (Å²) in [6.07, 6.45) is 1.45. The molecule has 1 aliphatic rings. The van der Waals surface area contributed by atoms with Crippen molar-refractivity contribution in [3.05, 3.63) is 29.3 Å². The summed E-state index contributed by atoms with van der Waals surface area (Å²) in [4.78, 5) is 2.35. The van der Waals surface area contributed by atoms with Crippen molar-refractivity contribution in [3.8, 4) is 5.75 Å².